The maximum absolute atomic E-state index is 11.7. The Hall–Kier alpha value is -2.61. The Morgan fingerprint density at radius 1 is 1.15 bits per heavy atom. The van der Waals surface area contributed by atoms with Gasteiger partial charge in [0.15, 0.2) is 0 Å². The summed E-state index contributed by atoms with van der Waals surface area (Å²) < 4.78 is 9.77. The van der Waals surface area contributed by atoms with Gasteiger partial charge in [-0.1, -0.05) is 30.3 Å². The van der Waals surface area contributed by atoms with Crippen molar-refractivity contribution in [3.63, 3.8) is 0 Å². The molecule has 0 aliphatic rings. The molecule has 4 N–H and O–H groups in total. The topological polar surface area (TPSA) is 120 Å². The van der Waals surface area contributed by atoms with Gasteiger partial charge in [0.1, 0.15) is 12.6 Å². The largest absolute Gasteiger partial charge is 0.467 e. The van der Waals surface area contributed by atoms with Crippen molar-refractivity contribution in [2.75, 3.05) is 13.7 Å². The monoisotopic (exact) mass is 365 g/mol. The summed E-state index contributed by atoms with van der Waals surface area (Å²) in [6.45, 7) is 2.15. The lowest BCUT2D eigenvalue weighted by Crippen LogP contribution is -2.47. The van der Waals surface area contributed by atoms with Gasteiger partial charge in [0.2, 0.25) is 5.91 Å². The number of unbranched alkanes of at least 4 members (excludes halogenated alkanes) is 1. The number of hydrogen-bond acceptors (Lipinski definition) is 6. The Balaban J connectivity index is 2.22. The first-order valence-corrected chi connectivity index (χ1v) is 8.52. The van der Waals surface area contributed by atoms with E-state index in [-0.39, 0.29) is 6.61 Å². The third-order valence-corrected chi connectivity index (χ3v) is 3.62. The molecule has 1 aromatic carbocycles. The standard InChI is InChI=1S/C18H27N3O5/c1-13(19)16(22)21-15(17(23)25-2)10-6-7-11-20-18(24)26-12-14-8-4-3-5-9-14/h3-5,8-9,13,15H,6-7,10-12,19H2,1-2H3,(H,20,24)(H,21,22)/t13-,15-/m0/s1. The van der Waals surface area contributed by atoms with Crippen molar-refractivity contribution in [1.82, 2.24) is 10.6 Å². The average molecular weight is 365 g/mol. The molecule has 1 rings (SSSR count). The zero-order chi connectivity index (χ0) is 19.4. The van der Waals surface area contributed by atoms with E-state index in [1.165, 1.54) is 14.0 Å². The minimum atomic E-state index is -0.747. The van der Waals surface area contributed by atoms with E-state index in [4.69, 9.17) is 10.5 Å². The van der Waals surface area contributed by atoms with Crippen molar-refractivity contribution in [3.05, 3.63) is 35.9 Å². The highest BCUT2D eigenvalue weighted by molar-refractivity contribution is 5.87. The fourth-order valence-corrected chi connectivity index (χ4v) is 2.13. The van der Waals surface area contributed by atoms with Gasteiger partial charge in [-0.2, -0.15) is 0 Å². The molecule has 2 amide bonds. The molecule has 0 spiro atoms. The Labute approximate surface area is 153 Å². The quantitative estimate of drug-likeness (QED) is 0.422. The predicted octanol–water partition coefficient (Wildman–Crippen LogP) is 1.09. The van der Waals surface area contributed by atoms with Crippen LogP contribution >= 0.6 is 0 Å². The van der Waals surface area contributed by atoms with Crippen LogP contribution in [0.5, 0.6) is 0 Å². The van der Waals surface area contributed by atoms with Crippen LogP contribution in [0.15, 0.2) is 30.3 Å². The third kappa shape index (κ3) is 8.48. The summed E-state index contributed by atoms with van der Waals surface area (Å²) in [7, 11) is 1.26. The van der Waals surface area contributed by atoms with E-state index in [1.54, 1.807) is 0 Å². The highest BCUT2D eigenvalue weighted by atomic mass is 16.5. The first kappa shape index (κ1) is 21.4. The molecule has 0 saturated heterocycles. The predicted molar refractivity (Wildman–Crippen MR) is 96.1 cm³/mol. The molecule has 0 bridgehead atoms. The maximum Gasteiger partial charge on any atom is 0.407 e. The molecule has 2 atom stereocenters. The van der Waals surface area contributed by atoms with Crippen LogP contribution in [0.1, 0.15) is 31.7 Å². The van der Waals surface area contributed by atoms with E-state index in [9.17, 15) is 14.4 Å². The van der Waals surface area contributed by atoms with Crippen molar-refractivity contribution in [2.24, 2.45) is 5.73 Å². The summed E-state index contributed by atoms with van der Waals surface area (Å²) in [4.78, 5) is 34.9. The Bertz CT molecular complexity index is 577. The van der Waals surface area contributed by atoms with Crippen LogP contribution in [0.25, 0.3) is 0 Å². The van der Waals surface area contributed by atoms with E-state index in [2.05, 4.69) is 15.4 Å². The molecule has 26 heavy (non-hydrogen) atoms. The molecule has 0 saturated carbocycles. The lowest BCUT2D eigenvalue weighted by molar-refractivity contribution is -0.145. The Kier molecular flexibility index (Phi) is 9.78. The van der Waals surface area contributed by atoms with Gasteiger partial charge in [0, 0.05) is 6.54 Å². The minimum absolute atomic E-state index is 0.209. The molecule has 1 aromatic rings. The average Bonchev–Trinajstić information content (AvgIpc) is 2.65. The van der Waals surface area contributed by atoms with Crippen LogP contribution in [0.4, 0.5) is 4.79 Å². The second kappa shape index (κ2) is 11.9. The van der Waals surface area contributed by atoms with Gasteiger partial charge in [-0.25, -0.2) is 9.59 Å². The van der Waals surface area contributed by atoms with E-state index in [1.807, 2.05) is 30.3 Å². The normalized spacial score (nSPS) is 12.6. The van der Waals surface area contributed by atoms with E-state index < -0.39 is 30.1 Å². The van der Waals surface area contributed by atoms with E-state index in [0.717, 1.165) is 5.56 Å². The number of nitrogens with two attached hydrogens (primary N) is 1. The first-order valence-electron chi connectivity index (χ1n) is 8.52. The number of carbonyl (C=O) groups is 3. The van der Waals surface area contributed by atoms with Crippen LogP contribution in [-0.2, 0) is 25.7 Å². The number of benzene rings is 1. The van der Waals surface area contributed by atoms with E-state index >= 15 is 0 Å². The molecular formula is C18H27N3O5. The lowest BCUT2D eigenvalue weighted by Gasteiger charge is -2.17. The maximum atomic E-state index is 11.7. The van der Waals surface area contributed by atoms with Gasteiger partial charge in [-0.3, -0.25) is 4.79 Å². The summed E-state index contributed by atoms with van der Waals surface area (Å²) >= 11 is 0. The summed E-state index contributed by atoms with van der Waals surface area (Å²) in [6, 6.07) is 7.93. The molecular weight excluding hydrogens is 338 g/mol. The Morgan fingerprint density at radius 2 is 1.85 bits per heavy atom. The number of hydrogen-bond donors (Lipinski definition) is 3. The minimum Gasteiger partial charge on any atom is -0.467 e. The SMILES string of the molecule is COC(=O)[C@H](CCCCNC(=O)OCc1ccccc1)NC(=O)[C@H](C)N. The molecule has 0 aliphatic heterocycles. The first-order chi connectivity index (χ1) is 12.4. The van der Waals surface area contributed by atoms with Crippen molar-refractivity contribution < 1.29 is 23.9 Å². The van der Waals surface area contributed by atoms with Gasteiger partial charge in [-0.05, 0) is 31.7 Å². The van der Waals surface area contributed by atoms with Gasteiger partial charge in [0.05, 0.1) is 13.2 Å². The van der Waals surface area contributed by atoms with Gasteiger partial charge >= 0.3 is 12.1 Å². The molecule has 0 aliphatic carbocycles. The van der Waals surface area contributed by atoms with Crippen molar-refractivity contribution in [1.29, 1.82) is 0 Å². The van der Waals surface area contributed by atoms with Crippen LogP contribution in [0.3, 0.4) is 0 Å². The molecule has 0 unspecified atom stereocenters. The van der Waals surface area contributed by atoms with Gasteiger partial charge in [0.25, 0.3) is 0 Å². The molecule has 0 aromatic heterocycles. The van der Waals surface area contributed by atoms with Crippen LogP contribution in [-0.4, -0.2) is 43.7 Å². The van der Waals surface area contributed by atoms with Gasteiger partial charge < -0.3 is 25.8 Å². The second-order valence-corrected chi connectivity index (χ2v) is 5.86. The molecule has 0 radical (unpaired) electrons. The van der Waals surface area contributed by atoms with Crippen LogP contribution in [0, 0.1) is 0 Å². The van der Waals surface area contributed by atoms with Crippen molar-refractivity contribution >= 4 is 18.0 Å². The fraction of sp³-hybridized carbons (Fsp3) is 0.500. The van der Waals surface area contributed by atoms with Gasteiger partial charge in [-0.15, -0.1) is 0 Å². The number of rotatable bonds is 10. The summed E-state index contributed by atoms with van der Waals surface area (Å²) in [5, 5.41) is 5.20. The zero-order valence-corrected chi connectivity index (χ0v) is 15.2. The molecule has 8 nitrogen and oxygen atoms in total. The highest BCUT2D eigenvalue weighted by Gasteiger charge is 2.22. The molecule has 8 heteroatoms. The number of carbonyl (C=O) groups excluding carboxylic acids is 3. The number of amides is 2. The highest BCUT2D eigenvalue weighted by Crippen LogP contribution is 2.04. The van der Waals surface area contributed by atoms with E-state index in [0.29, 0.717) is 25.8 Å². The summed E-state index contributed by atoms with van der Waals surface area (Å²) in [5.41, 5.74) is 6.39. The molecule has 0 fully saturated rings. The fourth-order valence-electron chi connectivity index (χ4n) is 2.13. The number of esters is 1. The van der Waals surface area contributed by atoms with Crippen molar-refractivity contribution in [2.45, 2.75) is 44.9 Å². The Morgan fingerprint density at radius 3 is 2.46 bits per heavy atom. The van der Waals surface area contributed by atoms with Crippen molar-refractivity contribution in [3.8, 4) is 0 Å². The number of alkyl carbamates (subject to hydrolysis) is 1. The lowest BCUT2D eigenvalue weighted by atomic mass is 10.1. The smallest absolute Gasteiger partial charge is 0.407 e. The van der Waals surface area contributed by atoms with Crippen LogP contribution < -0.4 is 16.4 Å². The molecule has 144 valence electrons. The summed E-state index contributed by atoms with van der Waals surface area (Å²) in [5.74, 6) is -0.933. The number of nitrogens with one attached hydrogen (secondary N) is 2. The second-order valence-electron chi connectivity index (χ2n) is 5.86. The molecule has 0 heterocycles. The van der Waals surface area contributed by atoms with Crippen LogP contribution in [0.2, 0.25) is 0 Å². The third-order valence-electron chi connectivity index (χ3n) is 3.62. The number of methoxy groups -OCH3 is 1. The number of ether oxygens (including phenoxy) is 2. The summed E-state index contributed by atoms with van der Waals surface area (Å²) in [6.07, 6.45) is 1.13. The zero-order valence-electron chi connectivity index (χ0n) is 15.2.